The predicted octanol–water partition coefficient (Wildman–Crippen LogP) is 2.61. The number of aromatic carboxylic acids is 1. The van der Waals surface area contributed by atoms with Gasteiger partial charge in [0.05, 0.1) is 16.9 Å². The number of carboxylic acid groups (broad SMARTS) is 1. The highest BCUT2D eigenvalue weighted by Gasteiger charge is 2.23. The Kier molecular flexibility index (Phi) is 4.58. The lowest BCUT2D eigenvalue weighted by molar-refractivity contribution is 0.0698. The van der Waals surface area contributed by atoms with Gasteiger partial charge in [-0.15, -0.1) is 11.8 Å². The van der Waals surface area contributed by atoms with Crippen LogP contribution in [-0.4, -0.2) is 25.6 Å². The fraction of sp³-hybridized carbons (Fsp3) is 0.0833. The first-order valence-electron chi connectivity index (χ1n) is 5.43. The molecule has 2 rings (SSSR count). The quantitative estimate of drug-likeness (QED) is 0.835. The van der Waals surface area contributed by atoms with E-state index in [1.54, 1.807) is 17.6 Å². The summed E-state index contributed by atoms with van der Waals surface area (Å²) in [6, 6.07) is 2.98. The fourth-order valence-corrected chi connectivity index (χ4v) is 2.94. The minimum Gasteiger partial charge on any atom is -0.478 e. The summed E-state index contributed by atoms with van der Waals surface area (Å²) in [7, 11) is 0. The molecule has 8 heteroatoms. The Balaban J connectivity index is 2.57. The van der Waals surface area contributed by atoms with Crippen LogP contribution in [0, 0.1) is 5.82 Å². The van der Waals surface area contributed by atoms with Crippen molar-refractivity contribution in [1.82, 2.24) is 0 Å². The molecular weight excluding hydrogens is 305 g/mol. The molecular formula is C12H10FNO4S2. The number of hydrogen-bond acceptors (Lipinski definition) is 3. The summed E-state index contributed by atoms with van der Waals surface area (Å²) in [5.41, 5.74) is -0.0693. The zero-order chi connectivity index (χ0) is 14.7. The van der Waals surface area contributed by atoms with Crippen LogP contribution in [0.15, 0.2) is 41.5 Å². The number of carboxylic acids is 1. The maximum atomic E-state index is 13.4. The summed E-state index contributed by atoms with van der Waals surface area (Å²) in [5, 5.41) is 10.8. The average molecular weight is 315 g/mol. The smallest absolute Gasteiger partial charge is 0.337 e. The third-order valence-electron chi connectivity index (χ3n) is 2.52. The molecule has 0 saturated carbocycles. The number of hydrogen-bond donors (Lipinski definition) is 2. The predicted molar refractivity (Wildman–Crippen MR) is 76.3 cm³/mol. The highest BCUT2D eigenvalue weighted by molar-refractivity contribution is 8.02. The zero-order valence-electron chi connectivity index (χ0n) is 10.0. The second-order valence-corrected chi connectivity index (χ2v) is 5.52. The van der Waals surface area contributed by atoms with Gasteiger partial charge in [0.15, 0.2) is 0 Å². The molecule has 1 unspecified atom stereocenters. The van der Waals surface area contributed by atoms with Crippen LogP contribution >= 0.6 is 11.8 Å². The van der Waals surface area contributed by atoms with E-state index >= 15 is 0 Å². The molecule has 5 nitrogen and oxygen atoms in total. The molecule has 1 heterocycles. The van der Waals surface area contributed by atoms with E-state index < -0.39 is 23.1 Å². The molecule has 20 heavy (non-hydrogen) atoms. The van der Waals surface area contributed by atoms with Gasteiger partial charge in [-0.05, 0) is 35.8 Å². The highest BCUT2D eigenvalue weighted by Crippen LogP contribution is 2.29. The van der Waals surface area contributed by atoms with Gasteiger partial charge >= 0.3 is 5.97 Å². The molecule has 0 aliphatic carbocycles. The van der Waals surface area contributed by atoms with E-state index in [9.17, 15) is 17.9 Å². The van der Waals surface area contributed by atoms with Crippen molar-refractivity contribution in [2.24, 2.45) is 0 Å². The first-order valence-corrected chi connectivity index (χ1v) is 7.54. The Labute approximate surface area is 121 Å². The van der Waals surface area contributed by atoms with Crippen molar-refractivity contribution in [3.8, 4) is 0 Å². The van der Waals surface area contributed by atoms with Gasteiger partial charge in [-0.3, -0.25) is 4.55 Å². The lowest BCUT2D eigenvalue weighted by Gasteiger charge is -2.23. The number of benzene rings is 1. The standard InChI is InChI=1S/C12H10FNO4S2/c13-8-1-2-10(12(15)16)11(7-8)14(20(17)18)9-3-5-19-6-4-9/h1-5,7H,6H2,(H,15,16)(H,17,18). The van der Waals surface area contributed by atoms with Gasteiger partial charge < -0.3 is 5.11 Å². The second kappa shape index (κ2) is 6.21. The molecule has 0 aromatic heterocycles. The molecule has 0 bridgehead atoms. The number of nitrogens with zero attached hydrogens (tertiary/aromatic N) is 1. The maximum absolute atomic E-state index is 13.4. The van der Waals surface area contributed by atoms with E-state index in [0.717, 1.165) is 22.5 Å². The average Bonchev–Trinajstić information content (AvgIpc) is 2.39. The number of rotatable bonds is 4. The molecule has 106 valence electrons. The molecule has 0 fully saturated rings. The monoisotopic (exact) mass is 315 g/mol. The molecule has 1 aliphatic heterocycles. The molecule has 1 aliphatic rings. The molecule has 0 saturated heterocycles. The molecule has 1 atom stereocenters. The minimum absolute atomic E-state index is 0.166. The van der Waals surface area contributed by atoms with Gasteiger partial charge in [0.2, 0.25) is 0 Å². The van der Waals surface area contributed by atoms with E-state index in [-0.39, 0.29) is 11.3 Å². The summed E-state index contributed by atoms with van der Waals surface area (Å²) >= 11 is -1.03. The maximum Gasteiger partial charge on any atom is 0.337 e. The van der Waals surface area contributed by atoms with E-state index in [4.69, 9.17) is 5.11 Å². The van der Waals surface area contributed by atoms with E-state index in [2.05, 4.69) is 0 Å². The zero-order valence-corrected chi connectivity index (χ0v) is 11.7. The molecule has 0 amide bonds. The van der Waals surface area contributed by atoms with Crippen molar-refractivity contribution in [3.05, 3.63) is 52.8 Å². The Hall–Kier alpha value is -1.64. The minimum atomic E-state index is -2.51. The Morgan fingerprint density at radius 2 is 2.20 bits per heavy atom. The number of halogens is 1. The Morgan fingerprint density at radius 3 is 2.75 bits per heavy atom. The van der Waals surface area contributed by atoms with Crippen LogP contribution in [0.1, 0.15) is 10.4 Å². The first-order chi connectivity index (χ1) is 9.50. The van der Waals surface area contributed by atoms with Gasteiger partial charge in [0.1, 0.15) is 5.82 Å². The van der Waals surface area contributed by atoms with Crippen molar-refractivity contribution in [2.45, 2.75) is 0 Å². The van der Waals surface area contributed by atoms with E-state index in [1.807, 2.05) is 0 Å². The van der Waals surface area contributed by atoms with Crippen LogP contribution in [0.25, 0.3) is 0 Å². The summed E-state index contributed by atoms with van der Waals surface area (Å²) in [5.74, 6) is -1.41. The van der Waals surface area contributed by atoms with Crippen LogP contribution in [0.5, 0.6) is 0 Å². The summed E-state index contributed by atoms with van der Waals surface area (Å²) < 4.78 is 35.2. The Morgan fingerprint density at radius 1 is 1.45 bits per heavy atom. The van der Waals surface area contributed by atoms with E-state index in [0.29, 0.717) is 11.4 Å². The van der Waals surface area contributed by atoms with Gasteiger partial charge in [-0.25, -0.2) is 17.7 Å². The fourth-order valence-electron chi connectivity index (χ4n) is 1.69. The summed E-state index contributed by atoms with van der Waals surface area (Å²) in [4.78, 5) is 11.2. The highest BCUT2D eigenvalue weighted by atomic mass is 32.2. The molecule has 1 aromatic rings. The van der Waals surface area contributed by atoms with Gasteiger partial charge in [0.25, 0.3) is 11.3 Å². The van der Waals surface area contributed by atoms with Gasteiger partial charge in [-0.1, -0.05) is 0 Å². The number of carbonyl (C=O) groups is 1. The molecule has 1 aromatic carbocycles. The van der Waals surface area contributed by atoms with Crippen molar-refractivity contribution in [3.63, 3.8) is 0 Å². The summed E-state index contributed by atoms with van der Waals surface area (Å²) in [6.45, 7) is 0. The van der Waals surface area contributed by atoms with Crippen LogP contribution in [0.4, 0.5) is 10.1 Å². The van der Waals surface area contributed by atoms with Gasteiger partial charge in [0, 0.05) is 5.75 Å². The number of allylic oxidation sites excluding steroid dienone is 1. The largest absolute Gasteiger partial charge is 0.478 e. The third-order valence-corrected chi connectivity index (χ3v) is 3.93. The Bertz CT molecular complexity index is 630. The van der Waals surface area contributed by atoms with E-state index in [1.165, 1.54) is 11.8 Å². The molecule has 0 spiro atoms. The van der Waals surface area contributed by atoms with Crippen molar-refractivity contribution < 1.29 is 23.1 Å². The SMILES string of the molecule is O=C(O)c1ccc(F)cc1N(C1=CCSC=C1)S(=O)O. The van der Waals surface area contributed by atoms with Gasteiger partial charge in [-0.2, -0.15) is 0 Å². The second-order valence-electron chi connectivity index (χ2n) is 3.76. The van der Waals surface area contributed by atoms with Crippen LogP contribution in [-0.2, 0) is 11.3 Å². The third kappa shape index (κ3) is 3.09. The lowest BCUT2D eigenvalue weighted by Crippen LogP contribution is -2.26. The molecule has 0 radical (unpaired) electrons. The first kappa shape index (κ1) is 14.8. The normalized spacial score (nSPS) is 15.6. The molecule has 2 N–H and O–H groups in total. The topological polar surface area (TPSA) is 77.8 Å². The van der Waals surface area contributed by atoms with Crippen LogP contribution in [0.2, 0.25) is 0 Å². The lowest BCUT2D eigenvalue weighted by atomic mass is 10.1. The summed E-state index contributed by atoms with van der Waals surface area (Å²) in [6.07, 6.45) is 3.23. The van der Waals surface area contributed by atoms with Crippen LogP contribution < -0.4 is 4.31 Å². The van der Waals surface area contributed by atoms with Crippen molar-refractivity contribution >= 4 is 34.7 Å². The van der Waals surface area contributed by atoms with Crippen molar-refractivity contribution in [2.75, 3.05) is 10.1 Å². The number of anilines is 1. The number of thioether (sulfide) groups is 1. The van der Waals surface area contributed by atoms with Crippen molar-refractivity contribution in [1.29, 1.82) is 0 Å². The van der Waals surface area contributed by atoms with Crippen LogP contribution in [0.3, 0.4) is 0 Å².